The minimum Gasteiger partial charge on any atom is -0.299 e. The third kappa shape index (κ3) is 3.80. The molecule has 15 heavy (non-hydrogen) atoms. The third-order valence-corrected chi connectivity index (χ3v) is 3.10. The average Bonchev–Trinajstić information content (AvgIpc) is 2.20. The molecule has 1 atom stereocenters. The predicted octanol–water partition coefficient (Wildman–Crippen LogP) is 3.21. The topological polar surface area (TPSA) is 16.1 Å². The maximum atomic E-state index is 5.74. The van der Waals surface area contributed by atoms with E-state index in [1.165, 1.54) is 5.56 Å². The third-order valence-electron chi connectivity index (χ3n) is 2.88. The fourth-order valence-corrected chi connectivity index (χ4v) is 1.55. The second kappa shape index (κ2) is 5.47. The Kier molecular flexibility index (Phi) is 4.55. The van der Waals surface area contributed by atoms with Crippen LogP contribution in [0.3, 0.4) is 0 Å². The van der Waals surface area contributed by atoms with Gasteiger partial charge in [-0.25, -0.2) is 4.98 Å². The van der Waals surface area contributed by atoms with Crippen molar-refractivity contribution in [3.63, 3.8) is 0 Å². The van der Waals surface area contributed by atoms with E-state index < -0.39 is 0 Å². The zero-order valence-corrected chi connectivity index (χ0v) is 10.6. The molecule has 0 saturated heterocycles. The second-order valence-electron chi connectivity index (χ2n) is 4.39. The number of aromatic nitrogens is 1. The van der Waals surface area contributed by atoms with Gasteiger partial charge in [-0.05, 0) is 31.5 Å². The molecule has 0 fully saturated rings. The van der Waals surface area contributed by atoms with E-state index in [1.54, 1.807) is 0 Å². The van der Waals surface area contributed by atoms with E-state index in [4.69, 9.17) is 11.6 Å². The fourth-order valence-electron chi connectivity index (χ4n) is 1.44. The first kappa shape index (κ1) is 12.5. The van der Waals surface area contributed by atoms with Crippen LogP contribution < -0.4 is 0 Å². The summed E-state index contributed by atoms with van der Waals surface area (Å²) in [4.78, 5) is 6.40. The molecule has 0 spiro atoms. The van der Waals surface area contributed by atoms with Crippen LogP contribution in [0.15, 0.2) is 18.3 Å². The predicted molar refractivity (Wildman–Crippen MR) is 65.0 cm³/mol. The van der Waals surface area contributed by atoms with Crippen molar-refractivity contribution in [1.82, 2.24) is 9.88 Å². The van der Waals surface area contributed by atoms with Crippen molar-refractivity contribution in [2.75, 3.05) is 7.05 Å². The SMILES string of the molecule is CC(C)C(C)N(C)Cc1ccc(Cl)nc1. The molecule has 84 valence electrons. The largest absolute Gasteiger partial charge is 0.299 e. The first-order valence-electron chi connectivity index (χ1n) is 5.31. The van der Waals surface area contributed by atoms with Gasteiger partial charge in [0.15, 0.2) is 0 Å². The summed E-state index contributed by atoms with van der Waals surface area (Å²) in [5.74, 6) is 0.662. The van der Waals surface area contributed by atoms with Gasteiger partial charge in [-0.3, -0.25) is 4.90 Å². The van der Waals surface area contributed by atoms with Crippen molar-refractivity contribution >= 4 is 11.6 Å². The molecule has 0 N–H and O–H groups in total. The van der Waals surface area contributed by atoms with Crippen molar-refractivity contribution in [1.29, 1.82) is 0 Å². The van der Waals surface area contributed by atoms with Gasteiger partial charge in [0.05, 0.1) is 0 Å². The normalized spacial score (nSPS) is 13.5. The Labute approximate surface area is 97.3 Å². The van der Waals surface area contributed by atoms with Gasteiger partial charge < -0.3 is 0 Å². The smallest absolute Gasteiger partial charge is 0.129 e. The zero-order chi connectivity index (χ0) is 11.4. The van der Waals surface area contributed by atoms with Crippen LogP contribution in [0.5, 0.6) is 0 Å². The number of rotatable bonds is 4. The van der Waals surface area contributed by atoms with Crippen LogP contribution in [-0.4, -0.2) is 23.0 Å². The van der Waals surface area contributed by atoms with E-state index in [9.17, 15) is 0 Å². The Morgan fingerprint density at radius 1 is 1.33 bits per heavy atom. The summed E-state index contributed by atoms with van der Waals surface area (Å²) in [5.41, 5.74) is 1.20. The number of hydrogen-bond donors (Lipinski definition) is 0. The zero-order valence-electron chi connectivity index (χ0n) is 9.87. The van der Waals surface area contributed by atoms with Crippen LogP contribution in [0, 0.1) is 5.92 Å². The molecule has 1 rings (SSSR count). The van der Waals surface area contributed by atoms with Crippen LogP contribution in [0.25, 0.3) is 0 Å². The van der Waals surface area contributed by atoms with E-state index in [-0.39, 0.29) is 0 Å². The summed E-state index contributed by atoms with van der Waals surface area (Å²) >= 11 is 5.74. The molecular weight excluding hydrogens is 208 g/mol. The van der Waals surface area contributed by atoms with Crippen LogP contribution in [0.1, 0.15) is 26.3 Å². The molecule has 2 nitrogen and oxygen atoms in total. The van der Waals surface area contributed by atoms with Gasteiger partial charge in [0.25, 0.3) is 0 Å². The average molecular weight is 227 g/mol. The molecule has 0 radical (unpaired) electrons. The Bertz CT molecular complexity index is 295. The Morgan fingerprint density at radius 2 is 2.00 bits per heavy atom. The van der Waals surface area contributed by atoms with Crippen LogP contribution in [0.2, 0.25) is 5.15 Å². The van der Waals surface area contributed by atoms with E-state index >= 15 is 0 Å². The van der Waals surface area contributed by atoms with Gasteiger partial charge in [-0.1, -0.05) is 31.5 Å². The maximum absolute atomic E-state index is 5.74. The van der Waals surface area contributed by atoms with Crippen LogP contribution in [-0.2, 0) is 6.54 Å². The van der Waals surface area contributed by atoms with E-state index in [2.05, 4.69) is 37.7 Å². The summed E-state index contributed by atoms with van der Waals surface area (Å²) in [6.07, 6.45) is 1.84. The molecule has 1 unspecified atom stereocenters. The van der Waals surface area contributed by atoms with Crippen molar-refractivity contribution in [3.05, 3.63) is 29.0 Å². The highest BCUT2D eigenvalue weighted by molar-refractivity contribution is 6.29. The molecule has 3 heteroatoms. The molecule has 1 aromatic heterocycles. The molecule has 0 aliphatic carbocycles. The van der Waals surface area contributed by atoms with Crippen molar-refractivity contribution in [2.45, 2.75) is 33.4 Å². The van der Waals surface area contributed by atoms with Gasteiger partial charge in [-0.2, -0.15) is 0 Å². The quantitative estimate of drug-likeness (QED) is 0.733. The summed E-state index contributed by atoms with van der Waals surface area (Å²) in [6, 6.07) is 4.43. The lowest BCUT2D eigenvalue weighted by molar-refractivity contribution is 0.200. The number of pyridine rings is 1. The molecule has 0 aromatic carbocycles. The lowest BCUT2D eigenvalue weighted by Gasteiger charge is -2.27. The lowest BCUT2D eigenvalue weighted by atomic mass is 10.0. The molecule has 0 aliphatic rings. The Morgan fingerprint density at radius 3 is 2.47 bits per heavy atom. The van der Waals surface area contributed by atoms with Gasteiger partial charge in [0.2, 0.25) is 0 Å². The summed E-state index contributed by atoms with van der Waals surface area (Å²) < 4.78 is 0. The Balaban J connectivity index is 2.58. The molecule has 0 saturated carbocycles. The number of hydrogen-bond acceptors (Lipinski definition) is 2. The number of halogens is 1. The van der Waals surface area contributed by atoms with E-state index in [0.717, 1.165) is 6.54 Å². The van der Waals surface area contributed by atoms with Crippen LogP contribution in [0.4, 0.5) is 0 Å². The highest BCUT2D eigenvalue weighted by Gasteiger charge is 2.12. The molecule has 1 heterocycles. The Hall–Kier alpha value is -0.600. The van der Waals surface area contributed by atoms with Crippen molar-refractivity contribution in [2.24, 2.45) is 5.92 Å². The minimum atomic E-state index is 0.554. The number of nitrogens with zero attached hydrogens (tertiary/aromatic N) is 2. The first-order chi connectivity index (χ1) is 7.00. The minimum absolute atomic E-state index is 0.554. The van der Waals surface area contributed by atoms with Gasteiger partial charge in [-0.15, -0.1) is 0 Å². The van der Waals surface area contributed by atoms with Gasteiger partial charge in [0, 0.05) is 18.8 Å². The maximum Gasteiger partial charge on any atom is 0.129 e. The van der Waals surface area contributed by atoms with E-state index in [0.29, 0.717) is 17.1 Å². The lowest BCUT2D eigenvalue weighted by Crippen LogP contribution is -2.32. The standard InChI is InChI=1S/C12H19ClN2/c1-9(2)10(3)15(4)8-11-5-6-12(13)14-7-11/h5-7,9-10H,8H2,1-4H3. The second-order valence-corrected chi connectivity index (χ2v) is 4.78. The van der Waals surface area contributed by atoms with Crippen LogP contribution >= 0.6 is 11.6 Å². The molecule has 1 aromatic rings. The summed E-state index contributed by atoms with van der Waals surface area (Å²) in [6.45, 7) is 7.64. The molecule has 0 aliphatic heterocycles. The fraction of sp³-hybridized carbons (Fsp3) is 0.583. The van der Waals surface area contributed by atoms with Gasteiger partial charge in [0.1, 0.15) is 5.15 Å². The summed E-state index contributed by atoms with van der Waals surface area (Å²) in [5, 5.41) is 0.554. The summed E-state index contributed by atoms with van der Waals surface area (Å²) in [7, 11) is 2.14. The van der Waals surface area contributed by atoms with Crippen molar-refractivity contribution < 1.29 is 0 Å². The van der Waals surface area contributed by atoms with Gasteiger partial charge >= 0.3 is 0 Å². The highest BCUT2D eigenvalue weighted by Crippen LogP contribution is 2.12. The molecule has 0 bridgehead atoms. The van der Waals surface area contributed by atoms with E-state index in [1.807, 2.05) is 18.3 Å². The molecule has 0 amide bonds. The monoisotopic (exact) mass is 226 g/mol. The highest BCUT2D eigenvalue weighted by atomic mass is 35.5. The van der Waals surface area contributed by atoms with Crippen molar-refractivity contribution in [3.8, 4) is 0 Å². The molecular formula is C12H19ClN2. The first-order valence-corrected chi connectivity index (χ1v) is 5.69.